The van der Waals surface area contributed by atoms with Crippen LogP contribution in [0, 0.1) is 0 Å². The molecule has 0 unspecified atom stereocenters. The van der Waals surface area contributed by atoms with Crippen molar-refractivity contribution in [3.63, 3.8) is 0 Å². The average Bonchev–Trinajstić information content (AvgIpc) is 3.65. The van der Waals surface area contributed by atoms with Crippen molar-refractivity contribution in [1.29, 1.82) is 0 Å². The summed E-state index contributed by atoms with van der Waals surface area (Å²) in [6.45, 7) is 0. The smallest absolute Gasteiger partial charge is 0.160 e. The second-order valence-corrected chi connectivity index (χ2v) is 15.8. The highest BCUT2D eigenvalue weighted by atomic mass is 15.0. The first-order valence-electron chi connectivity index (χ1n) is 20.8. The maximum absolute atomic E-state index is 5.56. The molecule has 0 saturated carbocycles. The molecule has 3 heteroatoms. The first-order valence-corrected chi connectivity index (χ1v) is 20.8. The van der Waals surface area contributed by atoms with Crippen LogP contribution in [0.15, 0.2) is 224 Å². The number of benzene rings is 10. The van der Waals surface area contributed by atoms with E-state index in [4.69, 9.17) is 9.97 Å². The standard InChI is InChI=1S/C58H37N3/c1-4-16-38(17-5-1)39-28-30-42(31-29-39)57-52-36-49(40-18-6-2-7-19-40)50(41-20-8-3-9-21-41)37-53(52)59-58(60-57)46-32-45-24-12-13-25-47(45)55(35-46)61-54-27-15-14-26-48(54)51-33-43-22-10-11-23-44(43)34-56(51)61/h1-37H. The highest BCUT2D eigenvalue weighted by molar-refractivity contribution is 6.15. The zero-order valence-corrected chi connectivity index (χ0v) is 33.2. The first-order chi connectivity index (χ1) is 30.2. The molecule has 0 N–H and O–H groups in total. The van der Waals surface area contributed by atoms with Gasteiger partial charge in [-0.25, -0.2) is 9.97 Å². The lowest BCUT2D eigenvalue weighted by atomic mass is 9.91. The Labute approximate surface area is 353 Å². The minimum absolute atomic E-state index is 0.680. The van der Waals surface area contributed by atoms with E-state index in [9.17, 15) is 0 Å². The van der Waals surface area contributed by atoms with Crippen LogP contribution < -0.4 is 0 Å². The fourth-order valence-corrected chi connectivity index (χ4v) is 9.21. The number of hydrogen-bond acceptors (Lipinski definition) is 2. The van der Waals surface area contributed by atoms with Crippen molar-refractivity contribution in [3.8, 4) is 61.7 Å². The highest BCUT2D eigenvalue weighted by Crippen LogP contribution is 2.42. The molecule has 0 saturated heterocycles. The van der Waals surface area contributed by atoms with Crippen LogP contribution in [0.5, 0.6) is 0 Å². The average molecular weight is 776 g/mol. The zero-order chi connectivity index (χ0) is 40.3. The van der Waals surface area contributed by atoms with Crippen molar-refractivity contribution in [2.45, 2.75) is 0 Å². The molecule has 2 heterocycles. The van der Waals surface area contributed by atoms with Gasteiger partial charge in [0.15, 0.2) is 5.82 Å². The van der Waals surface area contributed by atoms with Gasteiger partial charge in [-0.3, -0.25) is 0 Å². The van der Waals surface area contributed by atoms with Crippen LogP contribution in [-0.2, 0) is 0 Å². The lowest BCUT2D eigenvalue weighted by Crippen LogP contribution is -2.00. The molecular weight excluding hydrogens is 739 g/mol. The Balaban J connectivity index is 1.14. The molecule has 3 nitrogen and oxygen atoms in total. The Morgan fingerprint density at radius 3 is 1.54 bits per heavy atom. The van der Waals surface area contributed by atoms with Gasteiger partial charge in [-0.15, -0.1) is 0 Å². The van der Waals surface area contributed by atoms with Gasteiger partial charge in [0.05, 0.1) is 27.9 Å². The van der Waals surface area contributed by atoms with Gasteiger partial charge in [-0.05, 0) is 92.0 Å². The molecule has 0 aliphatic heterocycles. The molecule has 0 aliphatic rings. The minimum Gasteiger partial charge on any atom is -0.309 e. The zero-order valence-electron chi connectivity index (χ0n) is 33.2. The quantitative estimate of drug-likeness (QED) is 0.168. The summed E-state index contributed by atoms with van der Waals surface area (Å²) in [6.07, 6.45) is 0. The number of hydrogen-bond donors (Lipinski definition) is 0. The summed E-state index contributed by atoms with van der Waals surface area (Å²) in [5, 5.41) is 8.20. The number of para-hydroxylation sites is 1. The third-order valence-corrected chi connectivity index (χ3v) is 12.1. The van der Waals surface area contributed by atoms with Crippen LogP contribution in [0.1, 0.15) is 0 Å². The SMILES string of the molecule is c1ccc(-c2ccc(-c3nc(-c4cc(-n5c6ccccc6c6cc7ccccc7cc65)c5ccccc5c4)nc4cc(-c5ccccc5)c(-c5ccccc5)cc34)cc2)cc1. The van der Waals surface area contributed by atoms with Crippen LogP contribution >= 0.6 is 0 Å². The first kappa shape index (κ1) is 34.9. The van der Waals surface area contributed by atoms with E-state index in [0.29, 0.717) is 5.82 Å². The maximum Gasteiger partial charge on any atom is 0.160 e. The Bertz CT molecular complexity index is 3610. The summed E-state index contributed by atoms with van der Waals surface area (Å²) >= 11 is 0. The van der Waals surface area contributed by atoms with Gasteiger partial charge in [0.1, 0.15) is 0 Å². The molecule has 0 atom stereocenters. The van der Waals surface area contributed by atoms with Gasteiger partial charge in [-0.2, -0.15) is 0 Å². The predicted octanol–water partition coefficient (Wildman–Crippen LogP) is 15.4. The Morgan fingerprint density at radius 2 is 0.836 bits per heavy atom. The van der Waals surface area contributed by atoms with Crippen LogP contribution in [0.3, 0.4) is 0 Å². The Morgan fingerprint density at radius 1 is 0.295 bits per heavy atom. The van der Waals surface area contributed by atoms with Gasteiger partial charge in [0.25, 0.3) is 0 Å². The summed E-state index contributed by atoms with van der Waals surface area (Å²) in [5.74, 6) is 0.680. The van der Waals surface area contributed by atoms with Gasteiger partial charge < -0.3 is 4.57 Å². The van der Waals surface area contributed by atoms with Gasteiger partial charge in [-0.1, -0.05) is 182 Å². The number of aromatic nitrogens is 3. The molecule has 0 spiro atoms. The lowest BCUT2D eigenvalue weighted by molar-refractivity contribution is 1.19. The molecule has 2 aromatic heterocycles. The molecule has 61 heavy (non-hydrogen) atoms. The molecule has 0 bridgehead atoms. The van der Waals surface area contributed by atoms with Gasteiger partial charge >= 0.3 is 0 Å². The predicted molar refractivity (Wildman–Crippen MR) is 256 cm³/mol. The van der Waals surface area contributed by atoms with Crippen molar-refractivity contribution < 1.29 is 0 Å². The molecule has 12 rings (SSSR count). The van der Waals surface area contributed by atoms with E-state index in [-0.39, 0.29) is 0 Å². The monoisotopic (exact) mass is 775 g/mol. The summed E-state index contributed by atoms with van der Waals surface area (Å²) in [7, 11) is 0. The number of nitrogens with zero attached hydrogens (tertiary/aromatic N) is 3. The van der Waals surface area contributed by atoms with Crippen LogP contribution in [0.25, 0.3) is 116 Å². The molecular formula is C58H37N3. The van der Waals surface area contributed by atoms with Gasteiger partial charge in [0.2, 0.25) is 0 Å². The van der Waals surface area contributed by atoms with Crippen LogP contribution in [0.4, 0.5) is 0 Å². The topological polar surface area (TPSA) is 30.7 Å². The molecule has 284 valence electrons. The number of rotatable bonds is 6. The highest BCUT2D eigenvalue weighted by Gasteiger charge is 2.20. The van der Waals surface area contributed by atoms with Crippen molar-refractivity contribution in [3.05, 3.63) is 224 Å². The lowest BCUT2D eigenvalue weighted by Gasteiger charge is -2.17. The Kier molecular flexibility index (Phi) is 8.17. The second-order valence-electron chi connectivity index (χ2n) is 15.8. The third-order valence-electron chi connectivity index (χ3n) is 12.1. The van der Waals surface area contributed by atoms with E-state index in [1.54, 1.807) is 0 Å². The Hall–Kier alpha value is -8.14. The second kappa shape index (κ2) is 14.3. The summed E-state index contributed by atoms with van der Waals surface area (Å²) in [5.41, 5.74) is 14.1. The van der Waals surface area contributed by atoms with E-state index in [2.05, 4.69) is 229 Å². The van der Waals surface area contributed by atoms with Gasteiger partial charge in [0, 0.05) is 32.7 Å². The fourth-order valence-electron chi connectivity index (χ4n) is 9.21. The van der Waals surface area contributed by atoms with Crippen LogP contribution in [-0.4, -0.2) is 14.5 Å². The summed E-state index contributed by atoms with van der Waals surface area (Å²) in [6, 6.07) is 80.5. The molecule has 0 aliphatic carbocycles. The van der Waals surface area contributed by atoms with Crippen molar-refractivity contribution in [1.82, 2.24) is 14.5 Å². The maximum atomic E-state index is 5.56. The molecule has 10 aromatic carbocycles. The van der Waals surface area contributed by atoms with Crippen molar-refractivity contribution in [2.75, 3.05) is 0 Å². The summed E-state index contributed by atoms with van der Waals surface area (Å²) in [4.78, 5) is 11.0. The fraction of sp³-hybridized carbons (Fsp3) is 0. The van der Waals surface area contributed by atoms with E-state index in [1.807, 2.05) is 0 Å². The van der Waals surface area contributed by atoms with Crippen molar-refractivity contribution in [2.24, 2.45) is 0 Å². The van der Waals surface area contributed by atoms with E-state index >= 15 is 0 Å². The van der Waals surface area contributed by atoms with E-state index < -0.39 is 0 Å². The van der Waals surface area contributed by atoms with E-state index in [1.165, 1.54) is 38.0 Å². The molecule has 0 radical (unpaired) electrons. The largest absolute Gasteiger partial charge is 0.309 e. The molecule has 0 amide bonds. The normalized spacial score (nSPS) is 11.6. The van der Waals surface area contributed by atoms with E-state index in [0.717, 1.165) is 72.1 Å². The summed E-state index contributed by atoms with van der Waals surface area (Å²) < 4.78 is 2.44. The molecule has 0 fully saturated rings. The minimum atomic E-state index is 0.680. The molecule has 12 aromatic rings. The van der Waals surface area contributed by atoms with Crippen molar-refractivity contribution >= 4 is 54.3 Å². The third kappa shape index (κ3) is 5.98. The number of fused-ring (bicyclic) bond motifs is 6. The van der Waals surface area contributed by atoms with Crippen LogP contribution in [0.2, 0.25) is 0 Å².